The molecule has 1 rings (SSSR count). The van der Waals surface area contributed by atoms with Crippen LogP contribution in [0.3, 0.4) is 0 Å². The van der Waals surface area contributed by atoms with E-state index in [1.807, 2.05) is 6.07 Å². The van der Waals surface area contributed by atoms with Gasteiger partial charge in [-0.2, -0.15) is 0 Å². The minimum Gasteiger partial charge on any atom is -0.392 e. The molecule has 1 aromatic carbocycles. The number of hydrogen-bond acceptors (Lipinski definition) is 3. The summed E-state index contributed by atoms with van der Waals surface area (Å²) < 4.78 is 0. The second kappa shape index (κ2) is 6.81. The summed E-state index contributed by atoms with van der Waals surface area (Å²) in [4.78, 5) is 23.0. The Hall–Kier alpha value is -1.68. The third-order valence-electron chi connectivity index (χ3n) is 2.27. The number of aliphatic hydroxyl groups is 1. The van der Waals surface area contributed by atoms with Crippen molar-refractivity contribution in [2.75, 3.05) is 6.54 Å². The van der Waals surface area contributed by atoms with E-state index < -0.39 is 6.10 Å². The topological polar surface area (TPSA) is 66.4 Å². The highest BCUT2D eigenvalue weighted by Gasteiger charge is 2.08. The number of ketones is 1. The molecule has 0 bridgehead atoms. The van der Waals surface area contributed by atoms with Gasteiger partial charge in [0.15, 0.2) is 5.78 Å². The quantitative estimate of drug-likeness (QED) is 0.727. The van der Waals surface area contributed by atoms with Crippen molar-refractivity contribution in [1.82, 2.24) is 5.32 Å². The van der Waals surface area contributed by atoms with E-state index in [2.05, 4.69) is 5.32 Å². The molecule has 0 heterocycles. The van der Waals surface area contributed by atoms with E-state index >= 15 is 0 Å². The van der Waals surface area contributed by atoms with Gasteiger partial charge in [0, 0.05) is 24.9 Å². The van der Waals surface area contributed by atoms with Crippen LogP contribution < -0.4 is 5.32 Å². The fourth-order valence-electron chi connectivity index (χ4n) is 1.35. The highest BCUT2D eigenvalue weighted by molar-refractivity contribution is 5.97. The first-order valence-corrected chi connectivity index (χ1v) is 5.62. The molecule has 92 valence electrons. The number of Topliss-reactive ketones (excluding diaryl/α,β-unsaturated/α-hetero) is 1. The lowest BCUT2D eigenvalue weighted by atomic mass is 10.1. The smallest absolute Gasteiger partial charge is 0.220 e. The first-order valence-electron chi connectivity index (χ1n) is 5.62. The number of benzene rings is 1. The van der Waals surface area contributed by atoms with Gasteiger partial charge in [-0.25, -0.2) is 0 Å². The van der Waals surface area contributed by atoms with E-state index in [1.165, 1.54) is 0 Å². The van der Waals surface area contributed by atoms with Gasteiger partial charge in [0.25, 0.3) is 0 Å². The summed E-state index contributed by atoms with van der Waals surface area (Å²) in [7, 11) is 0. The summed E-state index contributed by atoms with van der Waals surface area (Å²) in [5.74, 6) is -0.257. The molecule has 1 aromatic rings. The molecule has 0 aliphatic heterocycles. The maximum Gasteiger partial charge on any atom is 0.220 e. The Balaban J connectivity index is 2.31. The molecule has 0 aliphatic carbocycles. The van der Waals surface area contributed by atoms with Crippen LogP contribution >= 0.6 is 0 Å². The van der Waals surface area contributed by atoms with Crippen LogP contribution in [0.4, 0.5) is 0 Å². The van der Waals surface area contributed by atoms with Crippen LogP contribution in [0.15, 0.2) is 30.3 Å². The van der Waals surface area contributed by atoms with Crippen LogP contribution in [0.25, 0.3) is 0 Å². The van der Waals surface area contributed by atoms with Crippen molar-refractivity contribution in [2.45, 2.75) is 25.9 Å². The lowest BCUT2D eigenvalue weighted by Gasteiger charge is -2.06. The van der Waals surface area contributed by atoms with Gasteiger partial charge in [0.2, 0.25) is 5.91 Å². The van der Waals surface area contributed by atoms with Gasteiger partial charge in [-0.15, -0.1) is 0 Å². The number of rotatable bonds is 6. The zero-order chi connectivity index (χ0) is 12.7. The van der Waals surface area contributed by atoms with E-state index in [0.29, 0.717) is 5.56 Å². The largest absolute Gasteiger partial charge is 0.392 e. The number of carbonyl (C=O) groups excluding carboxylic acids is 2. The molecule has 1 atom stereocenters. The first kappa shape index (κ1) is 13.4. The number of aliphatic hydroxyl groups excluding tert-OH is 1. The Morgan fingerprint density at radius 3 is 2.47 bits per heavy atom. The molecular formula is C13H17NO3. The molecule has 4 nitrogen and oxygen atoms in total. The van der Waals surface area contributed by atoms with Crippen molar-refractivity contribution >= 4 is 11.7 Å². The van der Waals surface area contributed by atoms with E-state index in [4.69, 9.17) is 5.11 Å². The Morgan fingerprint density at radius 1 is 1.24 bits per heavy atom. The third-order valence-corrected chi connectivity index (χ3v) is 2.27. The van der Waals surface area contributed by atoms with Crippen molar-refractivity contribution in [3.63, 3.8) is 0 Å². The highest BCUT2D eigenvalue weighted by Crippen LogP contribution is 2.04. The van der Waals surface area contributed by atoms with Crippen LogP contribution in [-0.4, -0.2) is 29.4 Å². The summed E-state index contributed by atoms with van der Waals surface area (Å²) in [5.41, 5.74) is 0.621. The van der Waals surface area contributed by atoms with Gasteiger partial charge >= 0.3 is 0 Å². The second-order valence-electron chi connectivity index (χ2n) is 3.94. The van der Waals surface area contributed by atoms with Crippen LogP contribution in [-0.2, 0) is 4.79 Å². The standard InChI is InChI=1S/C13H17NO3/c1-10(15)9-14-13(17)8-7-12(16)11-5-3-2-4-6-11/h2-6,10,15H,7-9H2,1H3,(H,14,17). The van der Waals surface area contributed by atoms with E-state index in [-0.39, 0.29) is 31.1 Å². The van der Waals surface area contributed by atoms with Gasteiger partial charge in [-0.1, -0.05) is 30.3 Å². The summed E-state index contributed by atoms with van der Waals surface area (Å²) in [6, 6.07) is 8.89. The molecule has 1 amide bonds. The number of hydrogen-bond donors (Lipinski definition) is 2. The zero-order valence-electron chi connectivity index (χ0n) is 9.85. The van der Waals surface area contributed by atoms with Gasteiger partial charge in [-0.3, -0.25) is 9.59 Å². The molecule has 1 unspecified atom stereocenters. The summed E-state index contributed by atoms with van der Waals surface area (Å²) >= 11 is 0. The predicted molar refractivity (Wildman–Crippen MR) is 64.7 cm³/mol. The van der Waals surface area contributed by atoms with E-state index in [9.17, 15) is 9.59 Å². The summed E-state index contributed by atoms with van der Waals surface area (Å²) in [6.07, 6.45) is -0.223. The average molecular weight is 235 g/mol. The first-order chi connectivity index (χ1) is 8.09. The van der Waals surface area contributed by atoms with Crippen LogP contribution in [0.1, 0.15) is 30.1 Å². The van der Waals surface area contributed by atoms with Crippen LogP contribution in [0.5, 0.6) is 0 Å². The summed E-state index contributed by atoms with van der Waals surface area (Å²) in [6.45, 7) is 1.81. The van der Waals surface area contributed by atoms with Crippen molar-refractivity contribution in [1.29, 1.82) is 0 Å². The fourth-order valence-corrected chi connectivity index (χ4v) is 1.35. The zero-order valence-corrected chi connectivity index (χ0v) is 9.85. The van der Waals surface area contributed by atoms with Crippen molar-refractivity contribution < 1.29 is 14.7 Å². The Morgan fingerprint density at radius 2 is 1.88 bits per heavy atom. The molecule has 0 fully saturated rings. The SMILES string of the molecule is CC(O)CNC(=O)CCC(=O)c1ccccc1. The molecule has 0 spiro atoms. The van der Waals surface area contributed by atoms with Crippen LogP contribution in [0.2, 0.25) is 0 Å². The molecule has 4 heteroatoms. The van der Waals surface area contributed by atoms with E-state index in [1.54, 1.807) is 31.2 Å². The van der Waals surface area contributed by atoms with Gasteiger partial charge < -0.3 is 10.4 Å². The number of nitrogens with one attached hydrogen (secondary N) is 1. The van der Waals surface area contributed by atoms with Crippen molar-refractivity contribution in [2.24, 2.45) is 0 Å². The molecular weight excluding hydrogens is 218 g/mol. The van der Waals surface area contributed by atoms with E-state index in [0.717, 1.165) is 0 Å². The molecule has 17 heavy (non-hydrogen) atoms. The monoisotopic (exact) mass is 235 g/mol. The number of carbonyl (C=O) groups is 2. The van der Waals surface area contributed by atoms with Gasteiger partial charge in [-0.05, 0) is 6.92 Å². The molecule has 0 aromatic heterocycles. The highest BCUT2D eigenvalue weighted by atomic mass is 16.3. The molecule has 0 aliphatic rings. The third kappa shape index (κ3) is 5.26. The lowest BCUT2D eigenvalue weighted by Crippen LogP contribution is -2.30. The maximum atomic E-state index is 11.7. The Labute approximate surface area is 101 Å². The molecule has 2 N–H and O–H groups in total. The normalized spacial score (nSPS) is 11.9. The fraction of sp³-hybridized carbons (Fsp3) is 0.385. The molecule has 0 saturated heterocycles. The molecule has 0 saturated carbocycles. The Bertz CT molecular complexity index is 374. The van der Waals surface area contributed by atoms with Gasteiger partial charge in [0.1, 0.15) is 0 Å². The predicted octanol–water partition coefficient (Wildman–Crippen LogP) is 1.15. The average Bonchev–Trinajstić information content (AvgIpc) is 2.34. The number of amides is 1. The van der Waals surface area contributed by atoms with Crippen molar-refractivity contribution in [3.8, 4) is 0 Å². The second-order valence-corrected chi connectivity index (χ2v) is 3.94. The lowest BCUT2D eigenvalue weighted by molar-refractivity contribution is -0.121. The van der Waals surface area contributed by atoms with Crippen LogP contribution in [0, 0.1) is 0 Å². The van der Waals surface area contributed by atoms with Gasteiger partial charge in [0.05, 0.1) is 6.10 Å². The van der Waals surface area contributed by atoms with Crippen molar-refractivity contribution in [3.05, 3.63) is 35.9 Å². The minimum atomic E-state index is -0.566. The maximum absolute atomic E-state index is 11.7. The molecule has 0 radical (unpaired) electrons. The summed E-state index contributed by atoms with van der Waals surface area (Å²) in [5, 5.41) is 11.5. The minimum absolute atomic E-state index is 0.0437. The Kier molecular flexibility index (Phi) is 5.36.